The van der Waals surface area contributed by atoms with E-state index in [0.29, 0.717) is 6.04 Å². The number of nitrogens with one attached hydrogen (secondary N) is 1. The fourth-order valence-electron chi connectivity index (χ4n) is 1.60. The van der Waals surface area contributed by atoms with Crippen LogP contribution in [0.1, 0.15) is 18.5 Å². The molecule has 4 heteroatoms. The number of rotatable bonds is 5. The summed E-state index contributed by atoms with van der Waals surface area (Å²) in [5.74, 6) is 0. The number of nitrogens with zero attached hydrogens (tertiary/aromatic N) is 3. The molecule has 0 amide bonds. The van der Waals surface area contributed by atoms with Gasteiger partial charge in [-0.2, -0.15) is 5.10 Å². The molecule has 0 saturated heterocycles. The number of benzene rings is 1. The van der Waals surface area contributed by atoms with Crippen molar-refractivity contribution in [3.8, 4) is 0 Å². The van der Waals surface area contributed by atoms with E-state index >= 15 is 0 Å². The molecule has 0 aliphatic heterocycles. The second kappa shape index (κ2) is 5.42. The first-order chi connectivity index (χ1) is 7.86. The summed E-state index contributed by atoms with van der Waals surface area (Å²) < 4.78 is 1.82. The van der Waals surface area contributed by atoms with Crippen molar-refractivity contribution >= 4 is 0 Å². The third-order valence-corrected chi connectivity index (χ3v) is 2.56. The van der Waals surface area contributed by atoms with E-state index in [-0.39, 0.29) is 0 Å². The van der Waals surface area contributed by atoms with Crippen LogP contribution < -0.4 is 5.32 Å². The van der Waals surface area contributed by atoms with Gasteiger partial charge in [0.15, 0.2) is 0 Å². The summed E-state index contributed by atoms with van der Waals surface area (Å²) in [5, 5.41) is 7.50. The molecule has 1 aromatic heterocycles. The standard InChI is InChI=1S/C12H16N4/c1-11(12-5-3-2-4-6-12)14-7-8-16-10-13-9-15-16/h2-6,9-11,14H,7-8H2,1H3. The monoisotopic (exact) mass is 216 g/mol. The lowest BCUT2D eigenvalue weighted by Gasteiger charge is -2.13. The quantitative estimate of drug-likeness (QED) is 0.826. The second-order valence-electron chi connectivity index (χ2n) is 3.75. The number of hydrogen-bond donors (Lipinski definition) is 1. The number of aromatic nitrogens is 3. The molecule has 1 N–H and O–H groups in total. The Balaban J connectivity index is 1.78. The van der Waals surface area contributed by atoms with Gasteiger partial charge >= 0.3 is 0 Å². The fraction of sp³-hybridized carbons (Fsp3) is 0.333. The third-order valence-electron chi connectivity index (χ3n) is 2.56. The van der Waals surface area contributed by atoms with Gasteiger partial charge in [0.1, 0.15) is 12.7 Å². The van der Waals surface area contributed by atoms with Crippen molar-refractivity contribution in [1.29, 1.82) is 0 Å². The molecule has 0 aliphatic rings. The predicted octanol–water partition coefficient (Wildman–Crippen LogP) is 1.63. The summed E-state index contributed by atoms with van der Waals surface area (Å²) in [4.78, 5) is 3.90. The molecule has 2 aromatic rings. The van der Waals surface area contributed by atoms with Crippen molar-refractivity contribution < 1.29 is 0 Å². The minimum absolute atomic E-state index is 0.365. The van der Waals surface area contributed by atoms with Gasteiger partial charge in [0.25, 0.3) is 0 Å². The maximum atomic E-state index is 4.05. The molecule has 0 saturated carbocycles. The zero-order chi connectivity index (χ0) is 11.2. The topological polar surface area (TPSA) is 42.7 Å². The van der Waals surface area contributed by atoms with E-state index in [0.717, 1.165) is 13.1 Å². The van der Waals surface area contributed by atoms with Crippen LogP contribution in [0.15, 0.2) is 43.0 Å². The van der Waals surface area contributed by atoms with Crippen molar-refractivity contribution in [3.63, 3.8) is 0 Å². The Morgan fingerprint density at radius 1 is 1.31 bits per heavy atom. The molecule has 0 radical (unpaired) electrons. The van der Waals surface area contributed by atoms with Gasteiger partial charge in [-0.25, -0.2) is 4.98 Å². The summed E-state index contributed by atoms with van der Waals surface area (Å²) in [7, 11) is 0. The van der Waals surface area contributed by atoms with Crippen LogP contribution in [0.5, 0.6) is 0 Å². The molecule has 1 atom stereocenters. The SMILES string of the molecule is CC(NCCn1cncn1)c1ccccc1. The first-order valence-corrected chi connectivity index (χ1v) is 5.47. The van der Waals surface area contributed by atoms with Gasteiger partial charge in [-0.3, -0.25) is 4.68 Å². The normalized spacial score (nSPS) is 12.6. The van der Waals surface area contributed by atoms with E-state index < -0.39 is 0 Å². The zero-order valence-electron chi connectivity index (χ0n) is 9.37. The Hall–Kier alpha value is -1.68. The predicted molar refractivity (Wildman–Crippen MR) is 62.9 cm³/mol. The molecule has 0 bridgehead atoms. The lowest BCUT2D eigenvalue weighted by Crippen LogP contribution is -2.23. The number of hydrogen-bond acceptors (Lipinski definition) is 3. The van der Waals surface area contributed by atoms with Crippen LogP contribution in [0.3, 0.4) is 0 Å². The summed E-state index contributed by atoms with van der Waals surface area (Å²) in [6.45, 7) is 3.90. The maximum Gasteiger partial charge on any atom is 0.137 e. The van der Waals surface area contributed by atoms with E-state index in [4.69, 9.17) is 0 Å². The van der Waals surface area contributed by atoms with Crippen LogP contribution in [0, 0.1) is 0 Å². The Morgan fingerprint density at radius 2 is 2.12 bits per heavy atom. The molecule has 0 spiro atoms. The van der Waals surface area contributed by atoms with E-state index in [1.807, 2.05) is 10.7 Å². The highest BCUT2D eigenvalue weighted by Gasteiger charge is 2.02. The summed E-state index contributed by atoms with van der Waals surface area (Å²) in [6.07, 6.45) is 3.29. The molecule has 1 aromatic carbocycles. The van der Waals surface area contributed by atoms with Gasteiger partial charge in [0.05, 0.1) is 6.54 Å². The smallest absolute Gasteiger partial charge is 0.137 e. The molecule has 4 nitrogen and oxygen atoms in total. The Morgan fingerprint density at radius 3 is 2.81 bits per heavy atom. The average Bonchev–Trinajstić information content (AvgIpc) is 2.83. The highest BCUT2D eigenvalue weighted by Crippen LogP contribution is 2.10. The first kappa shape index (κ1) is 10.8. The van der Waals surface area contributed by atoms with Crippen molar-refractivity contribution in [2.24, 2.45) is 0 Å². The largest absolute Gasteiger partial charge is 0.308 e. The molecule has 0 aliphatic carbocycles. The highest BCUT2D eigenvalue weighted by atomic mass is 15.3. The van der Waals surface area contributed by atoms with E-state index in [1.165, 1.54) is 5.56 Å². The van der Waals surface area contributed by atoms with Gasteiger partial charge in [-0.15, -0.1) is 0 Å². The van der Waals surface area contributed by atoms with E-state index in [9.17, 15) is 0 Å². The molecule has 1 unspecified atom stereocenters. The van der Waals surface area contributed by atoms with Gasteiger partial charge in [0.2, 0.25) is 0 Å². The lowest BCUT2D eigenvalue weighted by molar-refractivity contribution is 0.507. The minimum atomic E-state index is 0.365. The fourth-order valence-corrected chi connectivity index (χ4v) is 1.60. The third kappa shape index (κ3) is 2.90. The summed E-state index contributed by atoms with van der Waals surface area (Å²) in [5.41, 5.74) is 1.31. The second-order valence-corrected chi connectivity index (χ2v) is 3.75. The molecule has 84 valence electrons. The van der Waals surface area contributed by atoms with Crippen LogP contribution in [0.2, 0.25) is 0 Å². The van der Waals surface area contributed by atoms with Crippen LogP contribution in [-0.4, -0.2) is 21.3 Å². The van der Waals surface area contributed by atoms with Gasteiger partial charge < -0.3 is 5.32 Å². The summed E-state index contributed by atoms with van der Waals surface area (Å²) >= 11 is 0. The molecular formula is C12H16N4. The van der Waals surface area contributed by atoms with Crippen LogP contribution in [-0.2, 0) is 6.54 Å². The lowest BCUT2D eigenvalue weighted by atomic mass is 10.1. The Bertz CT molecular complexity index is 396. The average molecular weight is 216 g/mol. The van der Waals surface area contributed by atoms with E-state index in [1.54, 1.807) is 12.7 Å². The Labute approximate surface area is 95.3 Å². The van der Waals surface area contributed by atoms with Gasteiger partial charge in [0, 0.05) is 12.6 Å². The molecule has 0 fully saturated rings. The first-order valence-electron chi connectivity index (χ1n) is 5.47. The van der Waals surface area contributed by atoms with Crippen LogP contribution in [0.4, 0.5) is 0 Å². The minimum Gasteiger partial charge on any atom is -0.308 e. The zero-order valence-corrected chi connectivity index (χ0v) is 9.37. The van der Waals surface area contributed by atoms with Crippen molar-refractivity contribution in [2.75, 3.05) is 6.54 Å². The van der Waals surface area contributed by atoms with Crippen LogP contribution >= 0.6 is 0 Å². The summed E-state index contributed by atoms with van der Waals surface area (Å²) in [6, 6.07) is 10.8. The van der Waals surface area contributed by atoms with Gasteiger partial charge in [-0.05, 0) is 12.5 Å². The Kier molecular flexibility index (Phi) is 3.66. The van der Waals surface area contributed by atoms with Crippen molar-refractivity contribution in [2.45, 2.75) is 19.5 Å². The molecule has 16 heavy (non-hydrogen) atoms. The highest BCUT2D eigenvalue weighted by molar-refractivity contribution is 5.17. The van der Waals surface area contributed by atoms with Crippen molar-refractivity contribution in [3.05, 3.63) is 48.5 Å². The maximum absolute atomic E-state index is 4.05. The van der Waals surface area contributed by atoms with E-state index in [2.05, 4.69) is 46.6 Å². The molecule has 2 rings (SSSR count). The van der Waals surface area contributed by atoms with Crippen molar-refractivity contribution in [1.82, 2.24) is 20.1 Å². The molecular weight excluding hydrogens is 200 g/mol. The molecule has 1 heterocycles. The van der Waals surface area contributed by atoms with Crippen LogP contribution in [0.25, 0.3) is 0 Å². The van der Waals surface area contributed by atoms with Gasteiger partial charge in [-0.1, -0.05) is 30.3 Å².